The van der Waals surface area contributed by atoms with Gasteiger partial charge in [0.1, 0.15) is 0 Å². The van der Waals surface area contributed by atoms with Crippen LogP contribution in [0.25, 0.3) is 0 Å². The summed E-state index contributed by atoms with van der Waals surface area (Å²) in [6, 6.07) is 0. The summed E-state index contributed by atoms with van der Waals surface area (Å²) >= 11 is 11.7. The second-order valence-corrected chi connectivity index (χ2v) is 6.19. The van der Waals surface area contributed by atoms with Gasteiger partial charge in [0.15, 0.2) is 0 Å². The molecule has 2 nitrogen and oxygen atoms in total. The average Bonchev–Trinajstić information content (AvgIpc) is 2.28. The van der Waals surface area contributed by atoms with Gasteiger partial charge in [0, 0.05) is 5.54 Å². The fourth-order valence-electron chi connectivity index (χ4n) is 1.62. The second-order valence-electron chi connectivity index (χ2n) is 5.34. The van der Waals surface area contributed by atoms with Gasteiger partial charge in [0.2, 0.25) is 0 Å². The minimum atomic E-state index is -0.153. The van der Waals surface area contributed by atoms with Gasteiger partial charge in [-0.15, -0.1) is 3.94 Å². The molecule has 0 atom stereocenters. The van der Waals surface area contributed by atoms with Gasteiger partial charge >= 0.3 is 0 Å². The standard InChI is InChI=1S/C13H28Cl2N2/c1-5-7-10-16(11-8-6-2)12-9-13(3,4)17(14)15/h5-12H2,1-4H3. The number of hydrogen-bond donors (Lipinski definition) is 0. The van der Waals surface area contributed by atoms with Crippen molar-refractivity contribution in [1.82, 2.24) is 8.84 Å². The van der Waals surface area contributed by atoms with Crippen LogP contribution < -0.4 is 0 Å². The minimum Gasteiger partial charge on any atom is -0.303 e. The van der Waals surface area contributed by atoms with Crippen LogP contribution in [0.15, 0.2) is 0 Å². The molecule has 0 aromatic carbocycles. The predicted octanol–water partition coefficient (Wildman–Crippen LogP) is 4.67. The first-order valence-corrected chi connectivity index (χ1v) is 7.45. The highest BCUT2D eigenvalue weighted by molar-refractivity contribution is 6.34. The molecular formula is C13H28Cl2N2. The quantitative estimate of drug-likeness (QED) is 0.538. The van der Waals surface area contributed by atoms with E-state index in [-0.39, 0.29) is 5.54 Å². The van der Waals surface area contributed by atoms with E-state index in [0.29, 0.717) is 0 Å². The van der Waals surface area contributed by atoms with Crippen LogP contribution in [0, 0.1) is 0 Å². The Morgan fingerprint density at radius 1 is 0.882 bits per heavy atom. The second kappa shape index (κ2) is 9.43. The first kappa shape index (κ1) is 17.5. The van der Waals surface area contributed by atoms with Gasteiger partial charge in [-0.2, -0.15) is 0 Å². The van der Waals surface area contributed by atoms with Crippen LogP contribution in [0.4, 0.5) is 0 Å². The van der Waals surface area contributed by atoms with Crippen LogP contribution in [0.1, 0.15) is 59.8 Å². The van der Waals surface area contributed by atoms with Crippen LogP contribution in [-0.2, 0) is 0 Å². The summed E-state index contributed by atoms with van der Waals surface area (Å²) in [5.41, 5.74) is -0.153. The Labute approximate surface area is 117 Å². The first-order chi connectivity index (χ1) is 7.94. The molecule has 0 heterocycles. The van der Waals surface area contributed by atoms with Crippen LogP contribution >= 0.6 is 23.6 Å². The highest BCUT2D eigenvalue weighted by Crippen LogP contribution is 2.23. The molecule has 0 radical (unpaired) electrons. The van der Waals surface area contributed by atoms with E-state index < -0.39 is 0 Å². The van der Waals surface area contributed by atoms with E-state index >= 15 is 0 Å². The fraction of sp³-hybridized carbons (Fsp3) is 1.00. The molecule has 0 aliphatic carbocycles. The summed E-state index contributed by atoms with van der Waals surface area (Å²) in [5.74, 6) is 0. The van der Waals surface area contributed by atoms with Gasteiger partial charge in [-0.3, -0.25) is 0 Å². The highest BCUT2D eigenvalue weighted by atomic mass is 35.5. The van der Waals surface area contributed by atoms with Crippen LogP contribution in [0.5, 0.6) is 0 Å². The molecule has 0 fully saturated rings. The van der Waals surface area contributed by atoms with Gasteiger partial charge in [0.25, 0.3) is 0 Å². The van der Waals surface area contributed by atoms with E-state index in [1.54, 1.807) is 0 Å². The molecule has 0 saturated heterocycles. The summed E-state index contributed by atoms with van der Waals surface area (Å²) in [4.78, 5) is 2.53. The topological polar surface area (TPSA) is 6.48 Å². The molecule has 0 unspecified atom stereocenters. The number of halogens is 2. The Morgan fingerprint density at radius 2 is 1.35 bits per heavy atom. The van der Waals surface area contributed by atoms with Crippen LogP contribution in [-0.4, -0.2) is 34.0 Å². The molecule has 0 N–H and O–H groups in total. The van der Waals surface area contributed by atoms with Crippen molar-refractivity contribution in [3.05, 3.63) is 0 Å². The summed E-state index contributed by atoms with van der Waals surface area (Å²) in [7, 11) is 0. The van der Waals surface area contributed by atoms with E-state index in [0.717, 1.165) is 13.0 Å². The van der Waals surface area contributed by atoms with Crippen molar-refractivity contribution in [3.63, 3.8) is 0 Å². The summed E-state index contributed by atoms with van der Waals surface area (Å²) in [5, 5.41) is 0. The summed E-state index contributed by atoms with van der Waals surface area (Å²) < 4.78 is 1.28. The Balaban J connectivity index is 4.04. The molecule has 0 aliphatic heterocycles. The normalized spacial score (nSPS) is 12.7. The number of rotatable bonds is 10. The molecular weight excluding hydrogens is 255 g/mol. The van der Waals surface area contributed by atoms with E-state index in [2.05, 4.69) is 32.6 Å². The smallest absolute Gasteiger partial charge is 0.0482 e. The fourth-order valence-corrected chi connectivity index (χ4v) is 1.78. The van der Waals surface area contributed by atoms with E-state index in [1.807, 2.05) is 0 Å². The van der Waals surface area contributed by atoms with Gasteiger partial charge < -0.3 is 4.90 Å². The zero-order chi connectivity index (χ0) is 13.3. The number of nitrogens with zero attached hydrogens (tertiary/aromatic N) is 2. The lowest BCUT2D eigenvalue weighted by molar-refractivity contribution is 0.216. The molecule has 0 aromatic rings. The molecule has 0 bridgehead atoms. The van der Waals surface area contributed by atoms with Gasteiger partial charge in [-0.05, 0) is 76.3 Å². The van der Waals surface area contributed by atoms with Crippen LogP contribution in [0.2, 0.25) is 0 Å². The monoisotopic (exact) mass is 282 g/mol. The highest BCUT2D eigenvalue weighted by Gasteiger charge is 2.24. The largest absolute Gasteiger partial charge is 0.303 e. The van der Waals surface area contributed by atoms with Gasteiger partial charge in [-0.25, -0.2) is 0 Å². The lowest BCUT2D eigenvalue weighted by Gasteiger charge is -2.31. The zero-order valence-corrected chi connectivity index (χ0v) is 13.3. The molecule has 0 aromatic heterocycles. The Bertz CT molecular complexity index is 176. The molecule has 0 aliphatic rings. The van der Waals surface area contributed by atoms with Crippen molar-refractivity contribution in [2.45, 2.75) is 65.3 Å². The Morgan fingerprint density at radius 3 is 1.71 bits per heavy atom. The van der Waals surface area contributed by atoms with Crippen LogP contribution in [0.3, 0.4) is 0 Å². The average molecular weight is 283 g/mol. The molecule has 0 saturated carbocycles. The molecule has 0 amide bonds. The van der Waals surface area contributed by atoms with Crippen molar-refractivity contribution >= 4 is 23.6 Å². The summed E-state index contributed by atoms with van der Waals surface area (Å²) in [6.45, 7) is 12.1. The molecule has 104 valence electrons. The maximum atomic E-state index is 5.84. The lowest BCUT2D eigenvalue weighted by Crippen LogP contribution is -2.37. The van der Waals surface area contributed by atoms with Crippen molar-refractivity contribution in [2.24, 2.45) is 0 Å². The van der Waals surface area contributed by atoms with Crippen molar-refractivity contribution < 1.29 is 0 Å². The molecule has 0 spiro atoms. The lowest BCUT2D eigenvalue weighted by atomic mass is 10.0. The van der Waals surface area contributed by atoms with Crippen molar-refractivity contribution in [2.75, 3.05) is 19.6 Å². The third-order valence-corrected chi connectivity index (χ3v) is 4.07. The summed E-state index contributed by atoms with van der Waals surface area (Å²) in [6.07, 6.45) is 6.05. The van der Waals surface area contributed by atoms with E-state index in [9.17, 15) is 0 Å². The maximum absolute atomic E-state index is 5.84. The van der Waals surface area contributed by atoms with Crippen molar-refractivity contribution in [1.29, 1.82) is 0 Å². The third kappa shape index (κ3) is 8.25. The van der Waals surface area contributed by atoms with Crippen molar-refractivity contribution in [3.8, 4) is 0 Å². The Hall–Kier alpha value is 0.500. The zero-order valence-electron chi connectivity index (χ0n) is 11.8. The number of unbranched alkanes of at least 4 members (excludes halogenated alkanes) is 2. The van der Waals surface area contributed by atoms with E-state index in [4.69, 9.17) is 23.6 Å². The SMILES string of the molecule is CCCCN(CCCC)CCC(C)(C)N(Cl)Cl. The molecule has 4 heteroatoms. The van der Waals surface area contributed by atoms with Gasteiger partial charge in [0.05, 0.1) is 0 Å². The predicted molar refractivity (Wildman–Crippen MR) is 78.5 cm³/mol. The first-order valence-electron chi connectivity index (χ1n) is 6.78. The van der Waals surface area contributed by atoms with E-state index in [1.165, 1.54) is 42.7 Å². The third-order valence-electron chi connectivity index (χ3n) is 3.15. The molecule has 0 rings (SSSR count). The minimum absolute atomic E-state index is 0.153. The molecule has 17 heavy (non-hydrogen) atoms. The Kier molecular flexibility index (Phi) is 9.71. The van der Waals surface area contributed by atoms with Gasteiger partial charge in [-0.1, -0.05) is 26.7 Å². The maximum Gasteiger partial charge on any atom is 0.0482 e. The number of hydrogen-bond acceptors (Lipinski definition) is 2.